The molecule has 2 heterocycles. The molecule has 4 rings (SSSR count). The van der Waals surface area contributed by atoms with E-state index in [1.54, 1.807) is 14.2 Å². The summed E-state index contributed by atoms with van der Waals surface area (Å²) in [5, 5.41) is 14.7. The molecule has 0 aliphatic heterocycles. The van der Waals surface area contributed by atoms with E-state index in [1.165, 1.54) is 23.1 Å². The second kappa shape index (κ2) is 11.1. The molecule has 0 fully saturated rings. The molecule has 0 atom stereocenters. The average molecular weight is 482 g/mol. The van der Waals surface area contributed by atoms with E-state index in [0.717, 1.165) is 22.6 Å². The molecule has 8 nitrogen and oxygen atoms in total. The molecule has 2 aromatic heterocycles. The summed E-state index contributed by atoms with van der Waals surface area (Å²) < 4.78 is 12.4. The van der Waals surface area contributed by atoms with E-state index in [2.05, 4.69) is 20.5 Å². The summed E-state index contributed by atoms with van der Waals surface area (Å²) >= 11 is 2.73. The Morgan fingerprint density at radius 3 is 2.58 bits per heavy atom. The van der Waals surface area contributed by atoms with Crippen molar-refractivity contribution in [1.29, 1.82) is 0 Å². The first kappa shape index (κ1) is 23.0. The van der Waals surface area contributed by atoms with Gasteiger partial charge in [-0.3, -0.25) is 9.36 Å². The number of ether oxygens (including phenoxy) is 2. The van der Waals surface area contributed by atoms with E-state index >= 15 is 0 Å². The van der Waals surface area contributed by atoms with Crippen molar-refractivity contribution < 1.29 is 14.3 Å². The number of hydrogen-bond donors (Lipinski definition) is 1. The van der Waals surface area contributed by atoms with Gasteiger partial charge in [-0.25, -0.2) is 4.98 Å². The molecule has 10 heteroatoms. The van der Waals surface area contributed by atoms with Gasteiger partial charge in [0, 0.05) is 23.6 Å². The van der Waals surface area contributed by atoms with Gasteiger partial charge in [-0.15, -0.1) is 21.5 Å². The Balaban J connectivity index is 1.42. The number of rotatable bonds is 10. The summed E-state index contributed by atoms with van der Waals surface area (Å²) in [5.41, 5.74) is 2.76. The van der Waals surface area contributed by atoms with E-state index in [4.69, 9.17) is 9.47 Å². The molecule has 0 bridgehead atoms. The maximum absolute atomic E-state index is 12.5. The smallest absolute Gasteiger partial charge is 0.236 e. The number of aromatic nitrogens is 4. The van der Waals surface area contributed by atoms with Gasteiger partial charge in [0.25, 0.3) is 0 Å². The van der Waals surface area contributed by atoms with Crippen LogP contribution in [0.3, 0.4) is 0 Å². The van der Waals surface area contributed by atoms with Gasteiger partial charge in [0.15, 0.2) is 16.1 Å². The standard InChI is InChI=1S/C23H23N5O3S2/c1-30-13-12-28-21(17-8-10-18(31-2)11-9-17)26-27-23(28)33-15-20(29)25-22-24-19(14-32-22)16-6-4-3-5-7-16/h3-11,14H,12-13,15H2,1-2H3,(H,24,25,29). The lowest BCUT2D eigenvalue weighted by molar-refractivity contribution is -0.113. The zero-order valence-electron chi connectivity index (χ0n) is 18.2. The van der Waals surface area contributed by atoms with E-state index < -0.39 is 0 Å². The van der Waals surface area contributed by atoms with Crippen LogP contribution < -0.4 is 10.1 Å². The first-order chi connectivity index (χ1) is 16.2. The highest BCUT2D eigenvalue weighted by Crippen LogP contribution is 2.27. The molecule has 33 heavy (non-hydrogen) atoms. The summed E-state index contributed by atoms with van der Waals surface area (Å²) in [5.74, 6) is 1.52. The molecule has 170 valence electrons. The minimum absolute atomic E-state index is 0.152. The quantitative estimate of drug-likeness (QED) is 0.335. The zero-order valence-corrected chi connectivity index (χ0v) is 19.9. The van der Waals surface area contributed by atoms with Crippen molar-refractivity contribution in [2.75, 3.05) is 31.9 Å². The minimum Gasteiger partial charge on any atom is -0.497 e. The lowest BCUT2D eigenvalue weighted by Gasteiger charge is -2.10. The first-order valence-electron chi connectivity index (χ1n) is 10.2. The number of hydrogen-bond acceptors (Lipinski definition) is 8. The number of methoxy groups -OCH3 is 2. The maximum atomic E-state index is 12.5. The van der Waals surface area contributed by atoms with Gasteiger partial charge in [-0.05, 0) is 24.3 Å². The minimum atomic E-state index is -0.152. The molecule has 0 radical (unpaired) electrons. The van der Waals surface area contributed by atoms with E-state index in [1.807, 2.05) is 64.5 Å². The fourth-order valence-electron chi connectivity index (χ4n) is 3.09. The van der Waals surface area contributed by atoms with Crippen LogP contribution in [0.1, 0.15) is 0 Å². The van der Waals surface area contributed by atoms with Gasteiger partial charge >= 0.3 is 0 Å². The summed E-state index contributed by atoms with van der Waals surface area (Å²) in [7, 11) is 3.28. The number of amides is 1. The molecule has 0 spiro atoms. The number of anilines is 1. The lowest BCUT2D eigenvalue weighted by Crippen LogP contribution is -2.15. The van der Waals surface area contributed by atoms with Crippen molar-refractivity contribution >= 4 is 34.1 Å². The Morgan fingerprint density at radius 2 is 1.85 bits per heavy atom. The number of carbonyl (C=O) groups excluding carboxylic acids is 1. The fraction of sp³-hybridized carbons (Fsp3) is 0.217. The Bertz CT molecular complexity index is 1190. The zero-order chi connectivity index (χ0) is 23.0. The number of nitrogens with one attached hydrogen (secondary N) is 1. The van der Waals surface area contributed by atoms with Crippen molar-refractivity contribution in [3.63, 3.8) is 0 Å². The van der Waals surface area contributed by atoms with E-state index in [9.17, 15) is 4.79 Å². The van der Waals surface area contributed by atoms with Crippen molar-refractivity contribution in [3.8, 4) is 28.4 Å². The Kier molecular flexibility index (Phi) is 7.71. The maximum Gasteiger partial charge on any atom is 0.236 e. The van der Waals surface area contributed by atoms with Gasteiger partial charge in [0.2, 0.25) is 5.91 Å². The predicted molar refractivity (Wildman–Crippen MR) is 131 cm³/mol. The third-order valence-electron chi connectivity index (χ3n) is 4.74. The summed E-state index contributed by atoms with van der Waals surface area (Å²) in [6.45, 7) is 1.07. The van der Waals surface area contributed by atoms with E-state index in [-0.39, 0.29) is 11.7 Å². The largest absolute Gasteiger partial charge is 0.497 e. The average Bonchev–Trinajstić information content (AvgIpc) is 3.49. The van der Waals surface area contributed by atoms with Crippen LogP contribution >= 0.6 is 23.1 Å². The molecule has 0 aliphatic carbocycles. The van der Waals surface area contributed by atoms with Crippen molar-refractivity contribution in [3.05, 3.63) is 60.0 Å². The molecular formula is C23H23N5O3S2. The monoisotopic (exact) mass is 481 g/mol. The van der Waals surface area contributed by atoms with Crippen LogP contribution in [-0.2, 0) is 16.1 Å². The van der Waals surface area contributed by atoms with Gasteiger partial charge in [0.05, 0.1) is 31.7 Å². The van der Waals surface area contributed by atoms with Gasteiger partial charge < -0.3 is 14.8 Å². The SMILES string of the molecule is COCCn1c(SCC(=O)Nc2nc(-c3ccccc3)cs2)nnc1-c1ccc(OC)cc1. The second-order valence-corrected chi connectivity index (χ2v) is 8.72. The predicted octanol–water partition coefficient (Wildman–Crippen LogP) is 4.45. The summed E-state index contributed by atoms with van der Waals surface area (Å²) in [4.78, 5) is 17.1. The van der Waals surface area contributed by atoms with Gasteiger partial charge in [-0.2, -0.15) is 0 Å². The molecule has 1 amide bonds. The molecule has 0 unspecified atom stereocenters. The van der Waals surface area contributed by atoms with Crippen LogP contribution in [0, 0.1) is 0 Å². The van der Waals surface area contributed by atoms with Crippen LogP contribution in [0.5, 0.6) is 5.75 Å². The Labute approximate surface area is 200 Å². The number of thioether (sulfide) groups is 1. The number of thiazole rings is 1. The summed E-state index contributed by atoms with van der Waals surface area (Å²) in [6.07, 6.45) is 0. The first-order valence-corrected chi connectivity index (χ1v) is 12.0. The van der Waals surface area contributed by atoms with Gasteiger partial charge in [-0.1, -0.05) is 42.1 Å². The highest BCUT2D eigenvalue weighted by atomic mass is 32.2. The number of carbonyl (C=O) groups is 1. The molecule has 2 aromatic carbocycles. The van der Waals surface area contributed by atoms with Crippen LogP contribution in [-0.4, -0.2) is 52.2 Å². The van der Waals surface area contributed by atoms with Crippen LogP contribution in [0.4, 0.5) is 5.13 Å². The fourth-order valence-corrected chi connectivity index (χ4v) is 4.59. The molecule has 0 aliphatic rings. The van der Waals surface area contributed by atoms with Crippen LogP contribution in [0.15, 0.2) is 65.1 Å². The van der Waals surface area contributed by atoms with E-state index in [0.29, 0.717) is 29.3 Å². The van der Waals surface area contributed by atoms with Crippen LogP contribution in [0.25, 0.3) is 22.6 Å². The molecule has 4 aromatic rings. The molecular weight excluding hydrogens is 458 g/mol. The lowest BCUT2D eigenvalue weighted by atomic mass is 10.2. The number of nitrogens with zero attached hydrogens (tertiary/aromatic N) is 4. The third-order valence-corrected chi connectivity index (χ3v) is 6.46. The molecule has 0 saturated carbocycles. The summed E-state index contributed by atoms with van der Waals surface area (Å²) in [6, 6.07) is 17.5. The Morgan fingerprint density at radius 1 is 1.06 bits per heavy atom. The topological polar surface area (TPSA) is 91.2 Å². The third kappa shape index (κ3) is 5.78. The number of benzene rings is 2. The molecule has 1 N–H and O–H groups in total. The van der Waals surface area contributed by atoms with Crippen LogP contribution in [0.2, 0.25) is 0 Å². The molecule has 0 saturated heterocycles. The highest BCUT2D eigenvalue weighted by Gasteiger charge is 2.16. The van der Waals surface area contributed by atoms with Crippen molar-refractivity contribution in [1.82, 2.24) is 19.7 Å². The van der Waals surface area contributed by atoms with Crippen molar-refractivity contribution in [2.45, 2.75) is 11.7 Å². The van der Waals surface area contributed by atoms with Gasteiger partial charge in [0.1, 0.15) is 5.75 Å². The Hall–Kier alpha value is -3.21. The highest BCUT2D eigenvalue weighted by molar-refractivity contribution is 7.99. The second-order valence-electron chi connectivity index (χ2n) is 6.92. The van der Waals surface area contributed by atoms with Crippen molar-refractivity contribution in [2.24, 2.45) is 0 Å². The normalized spacial score (nSPS) is 10.8.